The van der Waals surface area contributed by atoms with Crippen molar-refractivity contribution in [2.24, 2.45) is 10.7 Å². The molecule has 0 saturated carbocycles. The van der Waals surface area contributed by atoms with Gasteiger partial charge in [-0.1, -0.05) is 18.8 Å². The number of guanidine groups is 1. The number of aliphatic imine (C=N–C) groups is 1. The molecule has 4 N–H and O–H groups in total. The molecule has 0 spiro atoms. The molecule has 0 atom stereocenters. The molecule has 8 heteroatoms. The number of nitrogens with zero attached hydrogens (tertiary/aromatic N) is 2. The first-order valence-electron chi connectivity index (χ1n) is 4.09. The minimum atomic E-state index is -0.798. The van der Waals surface area contributed by atoms with Crippen LogP contribution in [0, 0.1) is 10.1 Å². The van der Waals surface area contributed by atoms with Crippen molar-refractivity contribution in [1.82, 2.24) is 10.7 Å². The third-order valence-electron chi connectivity index (χ3n) is 1.23. The van der Waals surface area contributed by atoms with Crippen LogP contribution in [0.5, 0.6) is 0 Å². The van der Waals surface area contributed by atoms with Crippen LogP contribution >= 0.6 is 12.2 Å². The fraction of sp³-hybridized carbons (Fsp3) is 0.667. The first-order valence-corrected chi connectivity index (χ1v) is 4.50. The van der Waals surface area contributed by atoms with Gasteiger partial charge in [0, 0.05) is 6.54 Å². The quantitative estimate of drug-likeness (QED) is 0.150. The summed E-state index contributed by atoms with van der Waals surface area (Å²) in [7, 11) is 0. The van der Waals surface area contributed by atoms with E-state index in [2.05, 4.69) is 10.3 Å². The summed E-state index contributed by atoms with van der Waals surface area (Å²) < 4.78 is 0. The number of unbranched alkanes of at least 4 members (excludes halogenated alkanes) is 1. The second-order valence-corrected chi connectivity index (χ2v) is 2.84. The summed E-state index contributed by atoms with van der Waals surface area (Å²) in [4.78, 5) is 13.5. The lowest BCUT2D eigenvalue weighted by atomic mass is 10.3. The molecule has 0 amide bonds. The third kappa shape index (κ3) is 7.22. The molecule has 0 aromatic rings. The van der Waals surface area contributed by atoms with E-state index in [0.29, 0.717) is 6.54 Å². The van der Waals surface area contributed by atoms with Gasteiger partial charge in [-0.15, -0.1) is 0 Å². The molecule has 0 aliphatic heterocycles. The Bertz CT molecular complexity index is 242. The van der Waals surface area contributed by atoms with Gasteiger partial charge < -0.3 is 11.1 Å². The maximum atomic E-state index is 9.92. The molecule has 7 nitrogen and oxygen atoms in total. The van der Waals surface area contributed by atoms with E-state index in [4.69, 9.17) is 18.0 Å². The third-order valence-corrected chi connectivity index (χ3v) is 1.47. The Labute approximate surface area is 86.9 Å². The highest BCUT2D eigenvalue weighted by molar-refractivity contribution is 7.80. The monoisotopic (exact) mass is 219 g/mol. The number of hydrogen-bond donors (Lipinski definition) is 3. The summed E-state index contributed by atoms with van der Waals surface area (Å²) >= 11 is 4.76. The largest absolute Gasteiger partial charge is 0.365 e. The van der Waals surface area contributed by atoms with Crippen LogP contribution in [-0.4, -0.2) is 22.6 Å². The Kier molecular flexibility index (Phi) is 6.29. The van der Waals surface area contributed by atoms with Gasteiger partial charge in [-0.3, -0.25) is 0 Å². The predicted octanol–water partition coefficient (Wildman–Crippen LogP) is -0.243. The molecule has 80 valence electrons. The van der Waals surface area contributed by atoms with Gasteiger partial charge in [0.1, 0.15) is 0 Å². The lowest BCUT2D eigenvalue weighted by Gasteiger charge is -2.02. The highest BCUT2D eigenvalue weighted by atomic mass is 32.1. The lowest BCUT2D eigenvalue weighted by Crippen LogP contribution is -2.38. The van der Waals surface area contributed by atoms with Gasteiger partial charge in [-0.25, -0.2) is 10.1 Å². The Morgan fingerprint density at radius 2 is 2.36 bits per heavy atom. The van der Waals surface area contributed by atoms with E-state index >= 15 is 0 Å². The van der Waals surface area contributed by atoms with Crippen molar-refractivity contribution in [2.75, 3.05) is 6.54 Å². The maximum Gasteiger partial charge on any atom is 0.258 e. The van der Waals surface area contributed by atoms with E-state index in [9.17, 15) is 10.1 Å². The molecule has 0 unspecified atom stereocenters. The molecule has 0 heterocycles. The lowest BCUT2D eigenvalue weighted by molar-refractivity contribution is -0.525. The average Bonchev–Trinajstić information content (AvgIpc) is 2.02. The van der Waals surface area contributed by atoms with E-state index in [-0.39, 0.29) is 11.1 Å². The molecule has 0 aromatic carbocycles. The molecule has 0 aliphatic rings. The molecule has 0 saturated heterocycles. The summed E-state index contributed by atoms with van der Waals surface area (Å²) in [5.74, 6) is -0.330. The van der Waals surface area contributed by atoms with Gasteiger partial charge in [-0.2, -0.15) is 4.99 Å². The van der Waals surface area contributed by atoms with E-state index in [1.54, 1.807) is 5.43 Å². The van der Waals surface area contributed by atoms with Crippen molar-refractivity contribution in [2.45, 2.75) is 19.8 Å². The number of thiocarbonyl (C=S) groups is 1. The van der Waals surface area contributed by atoms with E-state index in [0.717, 1.165) is 12.8 Å². The van der Waals surface area contributed by atoms with E-state index < -0.39 is 5.03 Å². The summed E-state index contributed by atoms with van der Waals surface area (Å²) in [5.41, 5.74) is 6.84. The van der Waals surface area contributed by atoms with Gasteiger partial charge in [0.2, 0.25) is 0 Å². The zero-order chi connectivity index (χ0) is 11.0. The number of hydrogen-bond acceptors (Lipinski definition) is 3. The van der Waals surface area contributed by atoms with Crippen molar-refractivity contribution in [3.8, 4) is 0 Å². The molecular weight excluding hydrogens is 206 g/mol. The topological polar surface area (TPSA) is 106 Å². The second-order valence-electron chi connectivity index (χ2n) is 2.45. The van der Waals surface area contributed by atoms with Crippen LogP contribution in [0.1, 0.15) is 19.8 Å². The van der Waals surface area contributed by atoms with Gasteiger partial charge in [0.15, 0.2) is 10.1 Å². The summed E-state index contributed by atoms with van der Waals surface area (Å²) in [6.07, 6.45) is 1.99. The summed E-state index contributed by atoms with van der Waals surface area (Å²) in [6.45, 7) is 2.72. The van der Waals surface area contributed by atoms with Gasteiger partial charge >= 0.3 is 0 Å². The number of nitro groups is 1. The highest BCUT2D eigenvalue weighted by Gasteiger charge is 2.00. The first-order chi connectivity index (χ1) is 6.56. The Hall–Kier alpha value is -1.44. The Morgan fingerprint density at radius 3 is 2.86 bits per heavy atom. The minimum Gasteiger partial charge on any atom is -0.365 e. The smallest absolute Gasteiger partial charge is 0.258 e. The van der Waals surface area contributed by atoms with Crippen molar-refractivity contribution in [1.29, 1.82) is 0 Å². The fourth-order valence-corrected chi connectivity index (χ4v) is 0.840. The number of nitrogens with one attached hydrogen (secondary N) is 2. The number of nitrogens with two attached hydrogens (primary N) is 1. The molecule has 0 aromatic heterocycles. The predicted molar refractivity (Wildman–Crippen MR) is 57.3 cm³/mol. The fourth-order valence-electron chi connectivity index (χ4n) is 0.640. The number of hydrazine groups is 1. The van der Waals surface area contributed by atoms with Crippen LogP contribution in [-0.2, 0) is 0 Å². The Balaban J connectivity index is 3.83. The summed E-state index contributed by atoms with van der Waals surface area (Å²) in [6, 6.07) is 0. The molecule has 14 heavy (non-hydrogen) atoms. The highest BCUT2D eigenvalue weighted by Crippen LogP contribution is 1.83. The van der Waals surface area contributed by atoms with E-state index in [1.165, 1.54) is 0 Å². The van der Waals surface area contributed by atoms with Crippen molar-refractivity contribution in [3.63, 3.8) is 0 Å². The van der Waals surface area contributed by atoms with Crippen LogP contribution < -0.4 is 16.5 Å². The van der Waals surface area contributed by atoms with Gasteiger partial charge in [0.25, 0.3) is 5.96 Å². The van der Waals surface area contributed by atoms with Gasteiger partial charge in [0.05, 0.1) is 0 Å². The zero-order valence-corrected chi connectivity index (χ0v) is 8.63. The first kappa shape index (κ1) is 12.6. The summed E-state index contributed by atoms with van der Waals surface area (Å²) in [5, 5.41) is 12.1. The van der Waals surface area contributed by atoms with Crippen molar-refractivity contribution < 1.29 is 5.03 Å². The molecule has 0 rings (SSSR count). The van der Waals surface area contributed by atoms with Crippen molar-refractivity contribution in [3.05, 3.63) is 10.1 Å². The standard InChI is InChI=1S/C6H13N5O2S/c1-2-3-4-8-6(14)9-5(7)10-11(12)13/h2-4H2,1H3,(H4,7,8,9,10,14). The molecule has 0 bridgehead atoms. The molecule has 0 fully saturated rings. The zero-order valence-electron chi connectivity index (χ0n) is 7.82. The maximum absolute atomic E-state index is 9.92. The average molecular weight is 219 g/mol. The second kappa shape index (κ2) is 7.01. The van der Waals surface area contributed by atoms with Crippen LogP contribution in [0.25, 0.3) is 0 Å². The van der Waals surface area contributed by atoms with Crippen LogP contribution in [0.2, 0.25) is 0 Å². The number of rotatable bonds is 4. The van der Waals surface area contributed by atoms with E-state index in [1.807, 2.05) is 6.92 Å². The molecule has 0 aliphatic carbocycles. The molecule has 0 radical (unpaired) electrons. The van der Waals surface area contributed by atoms with Crippen molar-refractivity contribution >= 4 is 23.3 Å². The van der Waals surface area contributed by atoms with Crippen LogP contribution in [0.15, 0.2) is 4.99 Å². The minimum absolute atomic E-state index is 0.144. The Morgan fingerprint density at radius 1 is 1.71 bits per heavy atom. The van der Waals surface area contributed by atoms with Crippen LogP contribution in [0.4, 0.5) is 0 Å². The SMILES string of the molecule is CCCCNC(=S)/N=C(\N)N[N+](=O)[O-]. The molecular formula is C6H13N5O2S. The normalized spacial score (nSPS) is 10.8. The van der Waals surface area contributed by atoms with Crippen LogP contribution in [0.3, 0.4) is 0 Å². The van der Waals surface area contributed by atoms with Gasteiger partial charge in [-0.05, 0) is 18.6 Å².